The van der Waals surface area contributed by atoms with E-state index in [-0.39, 0.29) is 35.4 Å². The van der Waals surface area contributed by atoms with E-state index >= 15 is 0 Å². The highest BCUT2D eigenvalue weighted by molar-refractivity contribution is 6.00. The normalized spacial score (nSPS) is 13.3. The number of phenols is 2. The molecule has 0 aliphatic heterocycles. The average Bonchev–Trinajstić information content (AvgIpc) is 2.80. The topological polar surface area (TPSA) is 77.8 Å². The summed E-state index contributed by atoms with van der Waals surface area (Å²) in [4.78, 5) is 13.5. The minimum absolute atomic E-state index is 0.0658. The summed E-state index contributed by atoms with van der Waals surface area (Å²) < 4.78 is 0. The molecule has 37 heavy (non-hydrogen) atoms. The third-order valence-electron chi connectivity index (χ3n) is 6.40. The fourth-order valence-corrected chi connectivity index (χ4v) is 4.19. The number of phenolic OH excluding ortho intramolecular Hbond substituents is 2. The maximum Gasteiger partial charge on any atom is 0.170 e. The lowest BCUT2D eigenvalue weighted by atomic mass is 9.86. The van der Waals surface area contributed by atoms with Gasteiger partial charge in [0.15, 0.2) is 5.78 Å². The Labute approximate surface area is 224 Å². The number of ketones is 1. The van der Waals surface area contributed by atoms with Crippen LogP contribution in [0.25, 0.3) is 0 Å². The van der Waals surface area contributed by atoms with Gasteiger partial charge in [0.1, 0.15) is 11.5 Å². The Morgan fingerprint density at radius 2 is 1.35 bits per heavy atom. The largest absolute Gasteiger partial charge is 0.508 e. The van der Waals surface area contributed by atoms with Crippen LogP contribution in [0.5, 0.6) is 11.5 Å². The van der Waals surface area contributed by atoms with Crippen molar-refractivity contribution in [2.45, 2.75) is 92.9 Å². The fraction of sp³-hybridized carbons (Fsp3) is 0.485. The predicted octanol–water partition coefficient (Wildman–Crippen LogP) is 8.76. The second kappa shape index (κ2) is 17.6. The van der Waals surface area contributed by atoms with E-state index in [2.05, 4.69) is 65.8 Å². The van der Waals surface area contributed by atoms with Crippen molar-refractivity contribution in [2.75, 3.05) is 6.61 Å². The van der Waals surface area contributed by atoms with Crippen molar-refractivity contribution in [3.8, 4) is 11.5 Å². The van der Waals surface area contributed by atoms with E-state index in [0.29, 0.717) is 12.8 Å². The number of hydrogen-bond acceptors (Lipinski definition) is 4. The highest BCUT2D eigenvalue weighted by atomic mass is 16.3. The standard InChI is InChI=1S/C33H48O4/c1-24(2)10-7-12-26(5)13-9-14-27(6)16-17-29(22-28(20-21-34)15-8-11-25(3)4)33(37)31-19-18-30(35)23-32(31)36/h10-11,13,16,18-20,23,29,34-36H,7-9,12,14-15,17,21-22H2,1-6H3/b26-13+,27-16+,28-20-/t29-/m1/s1. The van der Waals surface area contributed by atoms with Crippen LogP contribution in [0, 0.1) is 5.92 Å². The molecular weight excluding hydrogens is 460 g/mol. The average molecular weight is 509 g/mol. The van der Waals surface area contributed by atoms with Gasteiger partial charge in [-0.2, -0.15) is 0 Å². The number of benzene rings is 1. The molecule has 1 aromatic rings. The van der Waals surface area contributed by atoms with E-state index in [1.807, 2.05) is 0 Å². The van der Waals surface area contributed by atoms with Gasteiger partial charge in [0.25, 0.3) is 0 Å². The summed E-state index contributed by atoms with van der Waals surface area (Å²) in [6.07, 6.45) is 17.4. The van der Waals surface area contributed by atoms with Crippen LogP contribution in [0.3, 0.4) is 0 Å². The van der Waals surface area contributed by atoms with Gasteiger partial charge in [-0.1, -0.05) is 58.2 Å². The molecule has 1 rings (SSSR count). The molecule has 0 radical (unpaired) electrons. The number of carbonyl (C=O) groups excluding carboxylic acids is 1. The first kappa shape index (κ1) is 32.2. The van der Waals surface area contributed by atoms with Gasteiger partial charge in [-0.05, 0) is 105 Å². The van der Waals surface area contributed by atoms with Crippen LogP contribution >= 0.6 is 0 Å². The van der Waals surface area contributed by atoms with Gasteiger partial charge in [0.05, 0.1) is 12.2 Å². The molecule has 0 spiro atoms. The molecule has 0 aliphatic rings. The first-order chi connectivity index (χ1) is 17.5. The summed E-state index contributed by atoms with van der Waals surface area (Å²) in [5.41, 5.74) is 6.48. The predicted molar refractivity (Wildman–Crippen MR) is 156 cm³/mol. The molecule has 0 saturated heterocycles. The molecule has 0 fully saturated rings. The van der Waals surface area contributed by atoms with Gasteiger partial charge >= 0.3 is 0 Å². The molecule has 0 bridgehead atoms. The monoisotopic (exact) mass is 508 g/mol. The molecule has 204 valence electrons. The SMILES string of the molecule is CC(C)=CCC/C(=C/CO)C[C@@H](C/C=C(\C)CC/C=C(\C)CCC=C(C)C)C(=O)c1ccc(O)cc1O. The maximum atomic E-state index is 13.5. The zero-order chi connectivity index (χ0) is 27.8. The van der Waals surface area contributed by atoms with Gasteiger partial charge in [0.2, 0.25) is 0 Å². The zero-order valence-corrected chi connectivity index (χ0v) is 23.8. The van der Waals surface area contributed by atoms with Crippen molar-refractivity contribution in [1.29, 1.82) is 0 Å². The van der Waals surface area contributed by atoms with E-state index < -0.39 is 0 Å². The quantitative estimate of drug-likeness (QED) is 0.154. The Hall–Kier alpha value is -2.85. The lowest BCUT2D eigenvalue weighted by Crippen LogP contribution is -2.16. The summed E-state index contributed by atoms with van der Waals surface area (Å²) in [6.45, 7) is 12.6. The summed E-state index contributed by atoms with van der Waals surface area (Å²) in [6, 6.07) is 4.12. The van der Waals surface area contributed by atoms with Crippen molar-refractivity contribution in [3.05, 3.63) is 82.0 Å². The number of carbonyl (C=O) groups is 1. The molecule has 0 saturated carbocycles. The van der Waals surface area contributed by atoms with Crippen LogP contribution < -0.4 is 0 Å². The fourth-order valence-electron chi connectivity index (χ4n) is 4.19. The second-order valence-corrected chi connectivity index (χ2v) is 10.5. The molecular formula is C33H48O4. The highest BCUT2D eigenvalue weighted by Crippen LogP contribution is 2.30. The number of aromatic hydroxyl groups is 2. The Kier molecular flexibility index (Phi) is 15.3. The number of allylic oxidation sites excluding steroid dienone is 9. The number of aliphatic hydroxyl groups is 1. The van der Waals surface area contributed by atoms with Crippen molar-refractivity contribution in [2.24, 2.45) is 5.92 Å². The third kappa shape index (κ3) is 13.9. The Balaban J connectivity index is 2.99. The van der Waals surface area contributed by atoms with E-state index in [4.69, 9.17) is 0 Å². The summed E-state index contributed by atoms with van der Waals surface area (Å²) in [5, 5.41) is 29.5. The third-order valence-corrected chi connectivity index (χ3v) is 6.40. The molecule has 4 heteroatoms. The molecule has 0 heterocycles. The van der Waals surface area contributed by atoms with Gasteiger partial charge in [-0.15, -0.1) is 0 Å². The van der Waals surface area contributed by atoms with Crippen LogP contribution in [0.2, 0.25) is 0 Å². The number of Topliss-reactive ketones (excluding diaryl/α,β-unsaturated/α-hetero) is 1. The lowest BCUT2D eigenvalue weighted by molar-refractivity contribution is 0.0916. The first-order valence-electron chi connectivity index (χ1n) is 13.5. The van der Waals surface area contributed by atoms with Crippen molar-refractivity contribution in [1.82, 2.24) is 0 Å². The molecule has 4 nitrogen and oxygen atoms in total. The zero-order valence-electron chi connectivity index (χ0n) is 23.8. The Bertz CT molecular complexity index is 1010. The second-order valence-electron chi connectivity index (χ2n) is 10.5. The molecule has 1 aromatic carbocycles. The maximum absolute atomic E-state index is 13.5. The summed E-state index contributed by atoms with van der Waals surface area (Å²) >= 11 is 0. The minimum Gasteiger partial charge on any atom is -0.508 e. The molecule has 0 aromatic heterocycles. The van der Waals surface area contributed by atoms with Gasteiger partial charge in [-0.3, -0.25) is 4.79 Å². The molecule has 0 aliphatic carbocycles. The van der Waals surface area contributed by atoms with Crippen molar-refractivity contribution < 1.29 is 20.1 Å². The molecule has 3 N–H and O–H groups in total. The number of rotatable bonds is 16. The molecule has 0 unspecified atom stereocenters. The summed E-state index contributed by atoms with van der Waals surface area (Å²) in [5.74, 6) is -0.798. The van der Waals surface area contributed by atoms with Gasteiger partial charge in [0, 0.05) is 12.0 Å². The van der Waals surface area contributed by atoms with E-state index in [0.717, 1.165) is 44.1 Å². The van der Waals surface area contributed by atoms with Crippen LogP contribution in [-0.2, 0) is 0 Å². The summed E-state index contributed by atoms with van der Waals surface area (Å²) in [7, 11) is 0. The van der Waals surface area contributed by atoms with Crippen LogP contribution in [-0.4, -0.2) is 27.7 Å². The smallest absolute Gasteiger partial charge is 0.170 e. The van der Waals surface area contributed by atoms with Gasteiger partial charge in [-0.25, -0.2) is 0 Å². The number of hydrogen-bond donors (Lipinski definition) is 3. The molecule has 1 atom stereocenters. The van der Waals surface area contributed by atoms with Crippen molar-refractivity contribution in [3.63, 3.8) is 0 Å². The van der Waals surface area contributed by atoms with E-state index in [9.17, 15) is 20.1 Å². The van der Waals surface area contributed by atoms with E-state index in [1.165, 1.54) is 40.5 Å². The van der Waals surface area contributed by atoms with Crippen LogP contribution in [0.15, 0.2) is 76.4 Å². The number of aliphatic hydroxyl groups excluding tert-OH is 1. The van der Waals surface area contributed by atoms with Gasteiger partial charge < -0.3 is 15.3 Å². The van der Waals surface area contributed by atoms with Crippen LogP contribution in [0.4, 0.5) is 0 Å². The van der Waals surface area contributed by atoms with Crippen LogP contribution in [0.1, 0.15) is 103 Å². The minimum atomic E-state index is -0.365. The highest BCUT2D eigenvalue weighted by Gasteiger charge is 2.23. The van der Waals surface area contributed by atoms with Crippen molar-refractivity contribution >= 4 is 5.78 Å². The Morgan fingerprint density at radius 3 is 1.92 bits per heavy atom. The lowest BCUT2D eigenvalue weighted by Gasteiger charge is -2.18. The molecule has 0 amide bonds. The Morgan fingerprint density at radius 1 is 0.784 bits per heavy atom. The first-order valence-corrected chi connectivity index (χ1v) is 13.5. The van der Waals surface area contributed by atoms with E-state index in [1.54, 1.807) is 6.08 Å².